The maximum absolute atomic E-state index is 11.9. The number of nitrogens with two attached hydrogens (primary N) is 1. The van der Waals surface area contributed by atoms with Gasteiger partial charge in [0.15, 0.2) is 5.75 Å². The van der Waals surface area contributed by atoms with Crippen molar-refractivity contribution < 1.29 is 9.90 Å². The van der Waals surface area contributed by atoms with Gasteiger partial charge in [0.25, 0.3) is 5.91 Å². The van der Waals surface area contributed by atoms with E-state index in [1.165, 1.54) is 0 Å². The SMILES string of the molecule is Cc1cscc1CNC(=O)c1cccc(N)c1O. The highest BCUT2D eigenvalue weighted by molar-refractivity contribution is 7.08. The third kappa shape index (κ3) is 2.46. The first-order chi connectivity index (χ1) is 8.59. The maximum Gasteiger partial charge on any atom is 0.255 e. The molecule has 1 amide bonds. The molecule has 1 heterocycles. The molecule has 2 aromatic rings. The van der Waals surface area contributed by atoms with Crippen molar-refractivity contribution >= 4 is 22.9 Å². The zero-order valence-corrected chi connectivity index (χ0v) is 10.8. The van der Waals surface area contributed by atoms with Crippen LogP contribution in [0, 0.1) is 6.92 Å². The van der Waals surface area contributed by atoms with Gasteiger partial charge in [-0.05, 0) is 40.9 Å². The van der Waals surface area contributed by atoms with Gasteiger partial charge in [0, 0.05) is 6.54 Å². The summed E-state index contributed by atoms with van der Waals surface area (Å²) >= 11 is 1.60. The molecule has 0 bridgehead atoms. The number of amides is 1. The van der Waals surface area contributed by atoms with Crippen molar-refractivity contribution in [1.82, 2.24) is 5.32 Å². The van der Waals surface area contributed by atoms with Gasteiger partial charge in [0.2, 0.25) is 0 Å². The Hall–Kier alpha value is -2.01. The number of aromatic hydroxyl groups is 1. The van der Waals surface area contributed by atoms with Crippen LogP contribution in [0.15, 0.2) is 29.0 Å². The Labute approximate surface area is 109 Å². The van der Waals surface area contributed by atoms with E-state index in [-0.39, 0.29) is 22.9 Å². The highest BCUT2D eigenvalue weighted by atomic mass is 32.1. The average molecular weight is 262 g/mol. The second-order valence-electron chi connectivity index (χ2n) is 4.01. The van der Waals surface area contributed by atoms with Gasteiger partial charge in [-0.2, -0.15) is 11.3 Å². The Morgan fingerprint density at radius 3 is 2.89 bits per heavy atom. The predicted octanol–water partition coefficient (Wildman–Crippen LogP) is 2.27. The summed E-state index contributed by atoms with van der Waals surface area (Å²) < 4.78 is 0. The number of carbonyl (C=O) groups excluding carboxylic acids is 1. The number of anilines is 1. The Balaban J connectivity index is 2.09. The van der Waals surface area contributed by atoms with E-state index in [0.29, 0.717) is 6.54 Å². The monoisotopic (exact) mass is 262 g/mol. The van der Waals surface area contributed by atoms with Gasteiger partial charge in [-0.1, -0.05) is 6.07 Å². The van der Waals surface area contributed by atoms with Crippen LogP contribution in [0.5, 0.6) is 5.75 Å². The number of benzene rings is 1. The molecule has 4 nitrogen and oxygen atoms in total. The Morgan fingerprint density at radius 2 is 2.22 bits per heavy atom. The summed E-state index contributed by atoms with van der Waals surface area (Å²) in [6.45, 7) is 2.44. The van der Waals surface area contributed by atoms with E-state index in [9.17, 15) is 9.90 Å². The number of thiophene rings is 1. The lowest BCUT2D eigenvalue weighted by Crippen LogP contribution is -2.23. The summed E-state index contributed by atoms with van der Waals surface area (Å²) in [7, 11) is 0. The van der Waals surface area contributed by atoms with E-state index in [0.717, 1.165) is 11.1 Å². The minimum Gasteiger partial charge on any atom is -0.505 e. The normalized spacial score (nSPS) is 10.3. The van der Waals surface area contributed by atoms with Gasteiger partial charge in [-0.25, -0.2) is 0 Å². The Morgan fingerprint density at radius 1 is 1.44 bits per heavy atom. The standard InChI is InChI=1S/C13H14N2O2S/c1-8-6-18-7-9(8)5-15-13(17)10-3-2-4-11(14)12(10)16/h2-4,6-7,16H,5,14H2,1H3,(H,15,17). The molecule has 0 atom stereocenters. The van der Waals surface area contributed by atoms with Crippen LogP contribution in [0.4, 0.5) is 5.69 Å². The summed E-state index contributed by atoms with van der Waals surface area (Å²) in [5.41, 5.74) is 8.18. The quantitative estimate of drug-likeness (QED) is 0.586. The Bertz CT molecular complexity index is 578. The average Bonchev–Trinajstić information content (AvgIpc) is 2.75. The third-order valence-electron chi connectivity index (χ3n) is 2.71. The second kappa shape index (κ2) is 5.10. The third-order valence-corrected chi connectivity index (χ3v) is 3.62. The van der Waals surface area contributed by atoms with E-state index >= 15 is 0 Å². The van der Waals surface area contributed by atoms with Crippen LogP contribution >= 0.6 is 11.3 Å². The number of phenols is 1. The van der Waals surface area contributed by atoms with Crippen molar-refractivity contribution in [3.8, 4) is 5.75 Å². The molecule has 0 spiro atoms. The number of phenolic OH excluding ortho intramolecular Hbond substituents is 1. The van der Waals surface area contributed by atoms with Gasteiger partial charge >= 0.3 is 0 Å². The van der Waals surface area contributed by atoms with Gasteiger partial charge in [0.05, 0.1) is 11.3 Å². The topological polar surface area (TPSA) is 75.4 Å². The molecule has 94 valence electrons. The summed E-state index contributed by atoms with van der Waals surface area (Å²) in [5.74, 6) is -0.498. The van der Waals surface area contributed by atoms with E-state index in [1.807, 2.05) is 17.7 Å². The minimum absolute atomic E-state index is 0.169. The van der Waals surface area contributed by atoms with Gasteiger partial charge < -0.3 is 16.2 Å². The number of hydrogen-bond acceptors (Lipinski definition) is 4. The lowest BCUT2D eigenvalue weighted by molar-refractivity contribution is 0.0948. The van der Waals surface area contributed by atoms with Crippen LogP contribution in [0.2, 0.25) is 0 Å². The summed E-state index contributed by atoms with van der Waals surface area (Å²) in [4.78, 5) is 11.9. The van der Waals surface area contributed by atoms with Crippen LogP contribution in [-0.4, -0.2) is 11.0 Å². The van der Waals surface area contributed by atoms with Gasteiger partial charge in [-0.15, -0.1) is 0 Å². The predicted molar refractivity (Wildman–Crippen MR) is 72.7 cm³/mol. The van der Waals surface area contributed by atoms with Crippen molar-refractivity contribution in [1.29, 1.82) is 0 Å². The van der Waals surface area contributed by atoms with E-state index < -0.39 is 0 Å². The van der Waals surface area contributed by atoms with Crippen LogP contribution in [-0.2, 0) is 6.54 Å². The fourth-order valence-corrected chi connectivity index (χ4v) is 2.44. The van der Waals surface area contributed by atoms with Crippen molar-refractivity contribution in [2.24, 2.45) is 0 Å². The maximum atomic E-state index is 11.9. The van der Waals surface area contributed by atoms with E-state index in [2.05, 4.69) is 5.32 Å². The van der Waals surface area contributed by atoms with Gasteiger partial charge in [-0.3, -0.25) is 4.79 Å². The first-order valence-electron chi connectivity index (χ1n) is 5.47. The minimum atomic E-state index is -0.328. The van der Waals surface area contributed by atoms with Crippen LogP contribution in [0.25, 0.3) is 0 Å². The lowest BCUT2D eigenvalue weighted by atomic mass is 10.1. The molecule has 4 N–H and O–H groups in total. The molecule has 0 aliphatic carbocycles. The molecule has 0 unspecified atom stereocenters. The largest absolute Gasteiger partial charge is 0.505 e. The summed E-state index contributed by atoms with van der Waals surface area (Å²) in [6, 6.07) is 4.73. The molecule has 18 heavy (non-hydrogen) atoms. The molecular formula is C13H14N2O2S. The van der Waals surface area contributed by atoms with Crippen LogP contribution in [0.1, 0.15) is 21.5 Å². The zero-order chi connectivity index (χ0) is 13.1. The van der Waals surface area contributed by atoms with Crippen LogP contribution in [0.3, 0.4) is 0 Å². The highest BCUT2D eigenvalue weighted by Gasteiger charge is 2.12. The molecule has 0 saturated carbocycles. The molecule has 0 radical (unpaired) electrons. The smallest absolute Gasteiger partial charge is 0.255 e. The van der Waals surface area contributed by atoms with Crippen molar-refractivity contribution in [2.75, 3.05) is 5.73 Å². The van der Waals surface area contributed by atoms with Gasteiger partial charge in [0.1, 0.15) is 0 Å². The molecule has 5 heteroatoms. The highest BCUT2D eigenvalue weighted by Crippen LogP contribution is 2.24. The van der Waals surface area contributed by atoms with E-state index in [4.69, 9.17) is 5.73 Å². The molecule has 0 aliphatic heterocycles. The molecule has 1 aromatic heterocycles. The first kappa shape index (κ1) is 12.4. The number of aryl methyl sites for hydroxylation is 1. The molecule has 0 fully saturated rings. The number of nitrogen functional groups attached to an aromatic ring is 1. The second-order valence-corrected chi connectivity index (χ2v) is 4.75. The number of rotatable bonds is 3. The van der Waals surface area contributed by atoms with Crippen LogP contribution < -0.4 is 11.1 Å². The lowest BCUT2D eigenvalue weighted by Gasteiger charge is -2.08. The molecule has 0 aliphatic rings. The number of carbonyl (C=O) groups is 1. The first-order valence-corrected chi connectivity index (χ1v) is 6.41. The fraction of sp³-hybridized carbons (Fsp3) is 0.154. The van der Waals surface area contributed by atoms with Crippen molar-refractivity contribution in [3.05, 3.63) is 45.6 Å². The number of para-hydroxylation sites is 1. The van der Waals surface area contributed by atoms with Crippen molar-refractivity contribution in [3.63, 3.8) is 0 Å². The number of nitrogens with one attached hydrogen (secondary N) is 1. The number of hydrogen-bond donors (Lipinski definition) is 3. The van der Waals surface area contributed by atoms with Crippen molar-refractivity contribution in [2.45, 2.75) is 13.5 Å². The zero-order valence-electron chi connectivity index (χ0n) is 9.93. The summed E-state index contributed by atoms with van der Waals surface area (Å²) in [6.07, 6.45) is 0. The molecule has 0 saturated heterocycles. The Kier molecular flexibility index (Phi) is 3.53. The van der Waals surface area contributed by atoms with E-state index in [1.54, 1.807) is 29.5 Å². The molecule has 2 rings (SSSR count). The molecular weight excluding hydrogens is 248 g/mol. The summed E-state index contributed by atoms with van der Waals surface area (Å²) in [5, 5.41) is 16.5. The fourth-order valence-electron chi connectivity index (χ4n) is 1.58. The molecule has 1 aromatic carbocycles.